The third kappa shape index (κ3) is 2.33. The third-order valence-electron chi connectivity index (χ3n) is 3.24. The zero-order valence-corrected chi connectivity index (χ0v) is 12.7. The fourth-order valence-electron chi connectivity index (χ4n) is 2.26. The van der Waals surface area contributed by atoms with Crippen LogP contribution in [0, 0.1) is 11.3 Å². The molecule has 2 heterocycles. The molecule has 1 aromatic heterocycles. The number of thioether (sulfide) groups is 1. The average molecular weight is 317 g/mol. The van der Waals surface area contributed by atoms with Crippen LogP contribution in [0.1, 0.15) is 16.4 Å². The van der Waals surface area contributed by atoms with Gasteiger partial charge in [-0.2, -0.15) is 5.26 Å². The number of thiazole rings is 1. The molecule has 0 radical (unpaired) electrons. The number of rotatable bonds is 2. The highest BCUT2D eigenvalue weighted by molar-refractivity contribution is 8.03. The summed E-state index contributed by atoms with van der Waals surface area (Å²) in [5.74, 6) is 0.433. The first-order valence-corrected chi connectivity index (χ1v) is 7.72. The average Bonchev–Trinajstić information content (AvgIpc) is 2.85. The van der Waals surface area contributed by atoms with Crippen molar-refractivity contribution in [3.05, 3.63) is 55.0 Å². The van der Waals surface area contributed by atoms with Crippen molar-refractivity contribution in [1.82, 2.24) is 4.98 Å². The van der Waals surface area contributed by atoms with Gasteiger partial charge >= 0.3 is 4.87 Å². The Balaban J connectivity index is 2.17. The van der Waals surface area contributed by atoms with E-state index in [2.05, 4.69) is 11.1 Å². The number of hydrogen-bond acceptors (Lipinski definition) is 6. The Kier molecular flexibility index (Phi) is 3.49. The van der Waals surface area contributed by atoms with Gasteiger partial charge in [0.1, 0.15) is 5.75 Å². The van der Waals surface area contributed by atoms with Crippen molar-refractivity contribution < 1.29 is 4.74 Å². The molecular formula is C14H11N3O2S2. The highest BCUT2D eigenvalue weighted by Crippen LogP contribution is 2.46. The lowest BCUT2D eigenvalue weighted by molar-refractivity contribution is 0.414. The minimum atomic E-state index is -0.305. The summed E-state index contributed by atoms with van der Waals surface area (Å²) < 4.78 is 5.14. The van der Waals surface area contributed by atoms with Crippen molar-refractivity contribution in [3.8, 4) is 11.8 Å². The van der Waals surface area contributed by atoms with Crippen LogP contribution in [0.4, 0.5) is 0 Å². The summed E-state index contributed by atoms with van der Waals surface area (Å²) in [5, 5.41) is 10.6. The Hall–Kier alpha value is -2.17. The molecular weight excluding hydrogens is 306 g/mol. The van der Waals surface area contributed by atoms with Gasteiger partial charge in [-0.25, -0.2) is 0 Å². The van der Waals surface area contributed by atoms with Crippen molar-refractivity contribution >= 4 is 23.1 Å². The molecule has 0 spiro atoms. The van der Waals surface area contributed by atoms with Crippen LogP contribution in [0.3, 0.4) is 0 Å². The predicted octanol–water partition coefficient (Wildman–Crippen LogP) is 2.38. The summed E-state index contributed by atoms with van der Waals surface area (Å²) in [6, 6.07) is 9.61. The van der Waals surface area contributed by atoms with Crippen LogP contribution in [0.5, 0.6) is 5.75 Å². The number of benzene rings is 1. The molecule has 0 saturated heterocycles. The second-order valence-electron chi connectivity index (χ2n) is 4.41. The summed E-state index contributed by atoms with van der Waals surface area (Å²) in [7, 11) is 1.60. The van der Waals surface area contributed by atoms with Crippen molar-refractivity contribution in [2.45, 2.75) is 10.9 Å². The smallest absolute Gasteiger partial charge is 0.305 e. The Bertz CT molecular complexity index is 812. The van der Waals surface area contributed by atoms with E-state index in [1.165, 1.54) is 11.8 Å². The van der Waals surface area contributed by atoms with Gasteiger partial charge in [-0.15, -0.1) is 0 Å². The molecule has 0 fully saturated rings. The van der Waals surface area contributed by atoms with Gasteiger partial charge in [0.05, 0.1) is 39.6 Å². The van der Waals surface area contributed by atoms with Gasteiger partial charge in [0.2, 0.25) is 0 Å². The second-order valence-corrected chi connectivity index (χ2v) is 6.47. The van der Waals surface area contributed by atoms with Crippen LogP contribution in [0.25, 0.3) is 0 Å². The third-order valence-corrected chi connectivity index (χ3v) is 5.28. The molecule has 1 aromatic carbocycles. The minimum absolute atomic E-state index is 0.141. The summed E-state index contributed by atoms with van der Waals surface area (Å²) in [4.78, 5) is 15.1. The van der Waals surface area contributed by atoms with Crippen molar-refractivity contribution in [3.63, 3.8) is 0 Å². The van der Waals surface area contributed by atoms with Crippen LogP contribution in [-0.4, -0.2) is 12.1 Å². The van der Waals surface area contributed by atoms with Gasteiger partial charge in [0, 0.05) is 0 Å². The molecule has 0 bridgehead atoms. The Labute approximate surface area is 129 Å². The summed E-state index contributed by atoms with van der Waals surface area (Å²) >= 11 is 2.36. The summed E-state index contributed by atoms with van der Waals surface area (Å²) in [6.45, 7) is 0. The van der Waals surface area contributed by atoms with Crippen LogP contribution >= 0.6 is 23.1 Å². The molecule has 0 amide bonds. The topological polar surface area (TPSA) is 91.9 Å². The van der Waals surface area contributed by atoms with Gasteiger partial charge in [0.15, 0.2) is 0 Å². The van der Waals surface area contributed by atoms with Crippen LogP contribution < -0.4 is 15.3 Å². The molecule has 21 heavy (non-hydrogen) atoms. The first-order valence-electron chi connectivity index (χ1n) is 6.08. The number of fused-ring (bicyclic) bond motifs is 1. The molecule has 0 aliphatic carbocycles. The van der Waals surface area contributed by atoms with Crippen molar-refractivity contribution in [1.29, 1.82) is 5.26 Å². The number of hydrogen-bond donors (Lipinski definition) is 2. The summed E-state index contributed by atoms with van der Waals surface area (Å²) in [5.41, 5.74) is 7.36. The van der Waals surface area contributed by atoms with Gasteiger partial charge < -0.3 is 15.5 Å². The SMILES string of the molecule is COc1ccc([C@H]2C(C#N)=C(N)Sc3[nH]c(=O)sc32)cc1. The highest BCUT2D eigenvalue weighted by atomic mass is 32.2. The normalized spacial score (nSPS) is 17.2. The number of allylic oxidation sites excluding steroid dienone is 1. The molecule has 7 heteroatoms. The van der Waals surface area contributed by atoms with E-state index in [9.17, 15) is 10.1 Å². The van der Waals surface area contributed by atoms with E-state index in [0.717, 1.165) is 32.6 Å². The van der Waals surface area contributed by atoms with Gasteiger partial charge in [-0.1, -0.05) is 35.2 Å². The Morgan fingerprint density at radius 3 is 2.71 bits per heavy atom. The van der Waals surface area contributed by atoms with E-state index in [1.54, 1.807) is 7.11 Å². The van der Waals surface area contributed by atoms with Crippen LogP contribution in [-0.2, 0) is 0 Å². The number of nitrogens with zero attached hydrogens (tertiary/aromatic N) is 1. The summed E-state index contributed by atoms with van der Waals surface area (Å²) in [6.07, 6.45) is 0. The van der Waals surface area contributed by atoms with E-state index in [-0.39, 0.29) is 10.8 Å². The largest absolute Gasteiger partial charge is 0.497 e. The number of aromatic amines is 1. The van der Waals surface area contributed by atoms with Crippen molar-refractivity contribution in [2.75, 3.05) is 7.11 Å². The molecule has 2 aromatic rings. The first kappa shape index (κ1) is 13.8. The fraction of sp³-hybridized carbons (Fsp3) is 0.143. The van der Waals surface area contributed by atoms with Gasteiger partial charge in [0.25, 0.3) is 0 Å². The molecule has 3 N–H and O–H groups in total. The monoisotopic (exact) mass is 317 g/mol. The maximum Gasteiger partial charge on any atom is 0.305 e. The molecule has 5 nitrogen and oxygen atoms in total. The maximum atomic E-state index is 11.6. The first-order chi connectivity index (χ1) is 10.1. The maximum absolute atomic E-state index is 11.6. The van der Waals surface area contributed by atoms with E-state index < -0.39 is 0 Å². The standard InChI is InChI=1S/C14H11N3O2S2/c1-19-8-4-2-7(3-5-8)10-9(6-15)12(16)21-13-11(10)20-14(18)17-13/h2-5,10H,16H2,1H3,(H,17,18)/t10-/m0/s1. The number of methoxy groups -OCH3 is 1. The minimum Gasteiger partial charge on any atom is -0.497 e. The highest BCUT2D eigenvalue weighted by Gasteiger charge is 2.31. The lowest BCUT2D eigenvalue weighted by Gasteiger charge is -2.22. The molecule has 0 unspecified atom stereocenters. The quantitative estimate of drug-likeness (QED) is 0.887. The number of ether oxygens (including phenoxy) is 1. The van der Waals surface area contributed by atoms with E-state index in [4.69, 9.17) is 10.5 Å². The Morgan fingerprint density at radius 1 is 1.38 bits per heavy atom. The lowest BCUT2D eigenvalue weighted by atomic mass is 9.91. The number of nitrogens with two attached hydrogens (primary N) is 1. The predicted molar refractivity (Wildman–Crippen MR) is 82.5 cm³/mol. The lowest BCUT2D eigenvalue weighted by Crippen LogP contribution is -2.13. The van der Waals surface area contributed by atoms with Gasteiger partial charge in [-0.3, -0.25) is 4.79 Å². The zero-order valence-electron chi connectivity index (χ0n) is 11.0. The molecule has 106 valence electrons. The van der Waals surface area contributed by atoms with E-state index in [0.29, 0.717) is 10.6 Å². The zero-order chi connectivity index (χ0) is 15.0. The molecule has 1 aliphatic rings. The molecule has 3 rings (SSSR count). The van der Waals surface area contributed by atoms with Crippen LogP contribution in [0.2, 0.25) is 0 Å². The van der Waals surface area contributed by atoms with E-state index >= 15 is 0 Å². The second kappa shape index (κ2) is 5.31. The molecule has 0 saturated carbocycles. The fourth-order valence-corrected chi connectivity index (χ4v) is 4.30. The van der Waals surface area contributed by atoms with Crippen LogP contribution in [0.15, 0.2) is 44.7 Å². The van der Waals surface area contributed by atoms with Crippen molar-refractivity contribution in [2.24, 2.45) is 5.73 Å². The number of nitriles is 1. The van der Waals surface area contributed by atoms with E-state index in [1.807, 2.05) is 24.3 Å². The number of H-pyrrole nitrogens is 1. The van der Waals surface area contributed by atoms with Gasteiger partial charge in [-0.05, 0) is 17.7 Å². The molecule has 1 aliphatic heterocycles. The Morgan fingerprint density at radius 2 is 2.10 bits per heavy atom. The molecule has 1 atom stereocenters. The number of nitrogens with one attached hydrogen (secondary N) is 1. The number of aromatic nitrogens is 1.